The van der Waals surface area contributed by atoms with Crippen molar-refractivity contribution in [2.75, 3.05) is 6.54 Å². The molecule has 1 N–H and O–H groups in total. The maximum Gasteiger partial charge on any atom is 0.128 e. The monoisotopic (exact) mass is 322 g/mol. The Balaban J connectivity index is 2.51. The van der Waals surface area contributed by atoms with E-state index in [-0.39, 0.29) is 11.9 Å². The van der Waals surface area contributed by atoms with Crippen molar-refractivity contribution in [1.82, 2.24) is 10.3 Å². The topological polar surface area (TPSA) is 24.9 Å². The summed E-state index contributed by atoms with van der Waals surface area (Å²) in [4.78, 5) is 4.40. The molecule has 0 aliphatic rings. The lowest BCUT2D eigenvalue weighted by Gasteiger charge is -2.20. The van der Waals surface area contributed by atoms with Crippen molar-refractivity contribution in [3.8, 4) is 0 Å². The molecule has 0 aliphatic carbocycles. The highest BCUT2D eigenvalue weighted by Gasteiger charge is 2.20. The van der Waals surface area contributed by atoms with Crippen LogP contribution in [-0.4, -0.2) is 11.5 Å². The predicted molar refractivity (Wildman–Crippen MR) is 78.6 cm³/mol. The number of hydrogen-bond acceptors (Lipinski definition) is 2. The highest BCUT2D eigenvalue weighted by molar-refractivity contribution is 9.10. The van der Waals surface area contributed by atoms with E-state index in [0.717, 1.165) is 22.3 Å². The summed E-state index contributed by atoms with van der Waals surface area (Å²) in [6.07, 6.45) is 1.74. The SMILES string of the molecule is CCNC(c1cc(Br)ccc1F)c1ncccc1C. The zero-order valence-electron chi connectivity index (χ0n) is 11.0. The first-order chi connectivity index (χ1) is 9.13. The Morgan fingerprint density at radius 1 is 1.37 bits per heavy atom. The molecule has 0 radical (unpaired) electrons. The Kier molecular flexibility index (Phi) is 4.66. The molecule has 0 bridgehead atoms. The van der Waals surface area contributed by atoms with E-state index in [1.165, 1.54) is 6.07 Å². The number of benzene rings is 1. The van der Waals surface area contributed by atoms with Crippen LogP contribution in [0.2, 0.25) is 0 Å². The van der Waals surface area contributed by atoms with E-state index in [4.69, 9.17) is 0 Å². The summed E-state index contributed by atoms with van der Waals surface area (Å²) >= 11 is 3.39. The van der Waals surface area contributed by atoms with Crippen molar-refractivity contribution in [3.05, 3.63) is 63.6 Å². The average Bonchev–Trinajstić information content (AvgIpc) is 2.40. The summed E-state index contributed by atoms with van der Waals surface area (Å²) in [5.41, 5.74) is 2.52. The standard InChI is InChI=1S/C15H16BrFN2/c1-3-18-15(14-10(2)5-4-8-19-14)12-9-11(16)6-7-13(12)17/h4-9,15,18H,3H2,1-2H3. The van der Waals surface area contributed by atoms with Crippen LogP contribution in [0.25, 0.3) is 0 Å². The second kappa shape index (κ2) is 6.26. The van der Waals surface area contributed by atoms with Gasteiger partial charge in [-0.15, -0.1) is 0 Å². The summed E-state index contributed by atoms with van der Waals surface area (Å²) in [7, 11) is 0. The third-order valence-electron chi connectivity index (χ3n) is 3.00. The minimum atomic E-state index is -0.233. The zero-order chi connectivity index (χ0) is 13.8. The van der Waals surface area contributed by atoms with Gasteiger partial charge in [-0.1, -0.05) is 28.9 Å². The first kappa shape index (κ1) is 14.2. The van der Waals surface area contributed by atoms with Gasteiger partial charge in [-0.25, -0.2) is 4.39 Å². The van der Waals surface area contributed by atoms with Crippen molar-refractivity contribution in [1.29, 1.82) is 0 Å². The van der Waals surface area contributed by atoms with Crippen molar-refractivity contribution >= 4 is 15.9 Å². The number of rotatable bonds is 4. The van der Waals surface area contributed by atoms with Gasteiger partial charge >= 0.3 is 0 Å². The Hall–Kier alpha value is -1.26. The number of hydrogen-bond donors (Lipinski definition) is 1. The molecule has 4 heteroatoms. The molecule has 0 fully saturated rings. The average molecular weight is 323 g/mol. The number of halogens is 2. The molecule has 0 amide bonds. The van der Waals surface area contributed by atoms with E-state index in [1.54, 1.807) is 18.3 Å². The van der Waals surface area contributed by atoms with Gasteiger partial charge in [0.25, 0.3) is 0 Å². The molecular formula is C15H16BrFN2. The molecule has 2 aromatic rings. The molecule has 1 atom stereocenters. The Morgan fingerprint density at radius 3 is 2.84 bits per heavy atom. The molecule has 1 unspecified atom stereocenters. The van der Waals surface area contributed by atoms with Crippen molar-refractivity contribution in [3.63, 3.8) is 0 Å². The maximum absolute atomic E-state index is 14.1. The van der Waals surface area contributed by atoms with E-state index in [2.05, 4.69) is 26.2 Å². The lowest BCUT2D eigenvalue weighted by molar-refractivity contribution is 0.550. The highest BCUT2D eigenvalue weighted by Crippen LogP contribution is 2.27. The minimum absolute atomic E-state index is 0.223. The van der Waals surface area contributed by atoms with E-state index in [9.17, 15) is 4.39 Å². The number of aromatic nitrogens is 1. The fourth-order valence-electron chi connectivity index (χ4n) is 2.09. The summed E-state index contributed by atoms with van der Waals surface area (Å²) in [6.45, 7) is 4.73. The van der Waals surface area contributed by atoms with Gasteiger partial charge in [-0.2, -0.15) is 0 Å². The second-order valence-electron chi connectivity index (χ2n) is 4.36. The van der Waals surface area contributed by atoms with Gasteiger partial charge in [-0.05, 0) is 43.3 Å². The van der Waals surface area contributed by atoms with Crippen LogP contribution in [-0.2, 0) is 0 Å². The predicted octanol–water partition coefficient (Wildman–Crippen LogP) is 3.99. The van der Waals surface area contributed by atoms with Gasteiger partial charge in [0.05, 0.1) is 11.7 Å². The van der Waals surface area contributed by atoms with Crippen molar-refractivity contribution < 1.29 is 4.39 Å². The number of nitrogens with zero attached hydrogens (tertiary/aromatic N) is 1. The fourth-order valence-corrected chi connectivity index (χ4v) is 2.47. The van der Waals surface area contributed by atoms with E-state index in [0.29, 0.717) is 5.56 Å². The number of aryl methyl sites for hydroxylation is 1. The summed E-state index contributed by atoms with van der Waals surface area (Å²) < 4.78 is 14.9. The third kappa shape index (κ3) is 3.19. The van der Waals surface area contributed by atoms with E-state index >= 15 is 0 Å². The second-order valence-corrected chi connectivity index (χ2v) is 5.28. The third-order valence-corrected chi connectivity index (χ3v) is 3.49. The highest BCUT2D eigenvalue weighted by atomic mass is 79.9. The number of nitrogens with one attached hydrogen (secondary N) is 1. The Bertz CT molecular complexity index is 572. The Labute approximate surface area is 121 Å². The largest absolute Gasteiger partial charge is 0.305 e. The molecule has 0 saturated heterocycles. The molecule has 0 spiro atoms. The van der Waals surface area contributed by atoms with Crippen LogP contribution in [0.3, 0.4) is 0 Å². The van der Waals surface area contributed by atoms with Gasteiger partial charge in [-0.3, -0.25) is 4.98 Å². The molecule has 100 valence electrons. The molecule has 2 nitrogen and oxygen atoms in total. The van der Waals surface area contributed by atoms with Crippen molar-refractivity contribution in [2.45, 2.75) is 19.9 Å². The van der Waals surface area contributed by atoms with Crippen molar-refractivity contribution in [2.24, 2.45) is 0 Å². The molecule has 0 saturated carbocycles. The van der Waals surface area contributed by atoms with Gasteiger partial charge in [0.1, 0.15) is 5.82 Å². The lowest BCUT2D eigenvalue weighted by Crippen LogP contribution is -2.24. The molecule has 2 rings (SSSR count). The summed E-state index contributed by atoms with van der Waals surface area (Å²) in [6, 6.07) is 8.62. The molecule has 1 aromatic carbocycles. The summed E-state index contributed by atoms with van der Waals surface area (Å²) in [5, 5.41) is 3.30. The maximum atomic E-state index is 14.1. The van der Waals surface area contributed by atoms with Crippen LogP contribution in [0.5, 0.6) is 0 Å². The van der Waals surface area contributed by atoms with Crippen LogP contribution >= 0.6 is 15.9 Å². The van der Waals surface area contributed by atoms with Gasteiger partial charge in [0.15, 0.2) is 0 Å². The minimum Gasteiger partial charge on any atom is -0.305 e. The Morgan fingerprint density at radius 2 is 2.16 bits per heavy atom. The first-order valence-corrected chi connectivity index (χ1v) is 7.02. The van der Waals surface area contributed by atoms with Crippen LogP contribution in [0.4, 0.5) is 4.39 Å². The zero-order valence-corrected chi connectivity index (χ0v) is 12.5. The van der Waals surface area contributed by atoms with Crippen LogP contribution in [0, 0.1) is 12.7 Å². The molecule has 19 heavy (non-hydrogen) atoms. The van der Waals surface area contributed by atoms with Gasteiger partial charge < -0.3 is 5.32 Å². The van der Waals surface area contributed by atoms with E-state index < -0.39 is 0 Å². The van der Waals surface area contributed by atoms with Crippen LogP contribution < -0.4 is 5.32 Å². The molecule has 1 heterocycles. The normalized spacial score (nSPS) is 12.4. The molecule has 0 aliphatic heterocycles. The van der Waals surface area contributed by atoms with Crippen LogP contribution in [0.15, 0.2) is 41.0 Å². The van der Waals surface area contributed by atoms with E-state index in [1.807, 2.05) is 26.0 Å². The van der Waals surface area contributed by atoms with Crippen LogP contribution in [0.1, 0.15) is 29.8 Å². The lowest BCUT2D eigenvalue weighted by atomic mass is 9.99. The quantitative estimate of drug-likeness (QED) is 0.920. The fraction of sp³-hybridized carbons (Fsp3) is 0.267. The molecule has 1 aromatic heterocycles. The first-order valence-electron chi connectivity index (χ1n) is 6.23. The summed E-state index contributed by atoms with van der Waals surface area (Å²) in [5.74, 6) is -0.223. The molecular weight excluding hydrogens is 307 g/mol. The number of pyridine rings is 1. The van der Waals surface area contributed by atoms with Gasteiger partial charge in [0, 0.05) is 16.2 Å². The smallest absolute Gasteiger partial charge is 0.128 e. The van der Waals surface area contributed by atoms with Gasteiger partial charge in [0.2, 0.25) is 0 Å².